The van der Waals surface area contributed by atoms with Gasteiger partial charge in [-0.25, -0.2) is 0 Å². The number of ketones is 1. The normalized spacial score (nSPS) is 12.3. The third-order valence-electron chi connectivity index (χ3n) is 2.93. The largest absolute Gasteiger partial charge is 0.534 e. The van der Waals surface area contributed by atoms with E-state index in [-0.39, 0.29) is 5.56 Å². The van der Waals surface area contributed by atoms with E-state index in [9.17, 15) is 26.4 Å². The van der Waals surface area contributed by atoms with E-state index in [0.29, 0.717) is 10.6 Å². The van der Waals surface area contributed by atoms with Crippen molar-refractivity contribution in [3.05, 3.63) is 70.8 Å². The predicted molar refractivity (Wildman–Crippen MR) is 86.9 cm³/mol. The number of rotatable bonds is 5. The van der Waals surface area contributed by atoms with E-state index in [4.69, 9.17) is 11.6 Å². The zero-order valence-electron chi connectivity index (χ0n) is 12.3. The maximum atomic E-state index is 12.4. The summed E-state index contributed by atoms with van der Waals surface area (Å²) in [4.78, 5) is 12.2. The van der Waals surface area contributed by atoms with E-state index >= 15 is 0 Å². The molecule has 0 aliphatic heterocycles. The minimum absolute atomic E-state index is 0.319. The van der Waals surface area contributed by atoms with Gasteiger partial charge in [-0.15, -0.1) is 0 Å². The number of halogens is 4. The summed E-state index contributed by atoms with van der Waals surface area (Å²) in [6, 6.07) is 11.2. The molecule has 2 aromatic carbocycles. The summed E-state index contributed by atoms with van der Waals surface area (Å²) in [6.07, 6.45) is 2.50. The Bertz CT molecular complexity index is 904. The van der Waals surface area contributed by atoms with Crippen LogP contribution in [0.3, 0.4) is 0 Å². The van der Waals surface area contributed by atoms with Gasteiger partial charge in [0.1, 0.15) is 0 Å². The van der Waals surface area contributed by atoms with Gasteiger partial charge in [0.25, 0.3) is 0 Å². The van der Waals surface area contributed by atoms with Crippen LogP contribution in [-0.2, 0) is 10.1 Å². The van der Waals surface area contributed by atoms with Gasteiger partial charge in [-0.3, -0.25) is 4.79 Å². The summed E-state index contributed by atoms with van der Waals surface area (Å²) < 4.78 is 63.6. The van der Waals surface area contributed by atoms with Crippen LogP contribution in [0.25, 0.3) is 6.08 Å². The fourth-order valence-corrected chi connectivity index (χ4v) is 2.35. The molecular formula is C16H10ClF3O4S. The minimum atomic E-state index is -5.87. The second kappa shape index (κ2) is 7.28. The Morgan fingerprint density at radius 1 is 1.04 bits per heavy atom. The SMILES string of the molecule is O=C(/C=C/c1ccc(Cl)cc1)c1ccccc1OS(=O)(=O)C(F)(F)F. The van der Waals surface area contributed by atoms with Gasteiger partial charge in [-0.1, -0.05) is 41.9 Å². The van der Waals surface area contributed by atoms with E-state index in [1.54, 1.807) is 24.3 Å². The van der Waals surface area contributed by atoms with Crippen LogP contribution in [0.1, 0.15) is 15.9 Å². The standard InChI is InChI=1S/C16H10ClF3O4S/c17-12-8-5-11(6-9-12)7-10-14(21)13-3-1-2-4-15(13)24-25(22,23)16(18,19)20/h1-10H/b10-7+. The zero-order chi connectivity index (χ0) is 18.7. The van der Waals surface area contributed by atoms with Crippen LogP contribution in [0.15, 0.2) is 54.6 Å². The van der Waals surface area contributed by atoms with E-state index in [0.717, 1.165) is 18.2 Å². The summed E-state index contributed by atoms with van der Waals surface area (Å²) in [6.45, 7) is 0. The van der Waals surface area contributed by atoms with E-state index < -0.39 is 27.2 Å². The lowest BCUT2D eigenvalue weighted by molar-refractivity contribution is -0.0500. The molecular weight excluding hydrogens is 381 g/mol. The van der Waals surface area contributed by atoms with Crippen molar-refractivity contribution in [3.8, 4) is 5.75 Å². The van der Waals surface area contributed by atoms with Gasteiger partial charge in [0.15, 0.2) is 11.5 Å². The van der Waals surface area contributed by atoms with Crippen LogP contribution in [-0.4, -0.2) is 19.7 Å². The maximum absolute atomic E-state index is 12.4. The van der Waals surface area contributed by atoms with Crippen molar-refractivity contribution in [2.75, 3.05) is 0 Å². The van der Waals surface area contributed by atoms with Crippen molar-refractivity contribution in [2.24, 2.45) is 0 Å². The average molecular weight is 391 g/mol. The number of benzene rings is 2. The number of alkyl halides is 3. The maximum Gasteiger partial charge on any atom is 0.534 e. The van der Waals surface area contributed by atoms with Crippen molar-refractivity contribution in [3.63, 3.8) is 0 Å². The molecule has 0 spiro atoms. The number of hydrogen-bond donors (Lipinski definition) is 0. The third-order valence-corrected chi connectivity index (χ3v) is 4.15. The highest BCUT2D eigenvalue weighted by Gasteiger charge is 2.48. The topological polar surface area (TPSA) is 60.4 Å². The minimum Gasteiger partial charge on any atom is -0.375 e. The van der Waals surface area contributed by atoms with Crippen LogP contribution in [0, 0.1) is 0 Å². The first kappa shape index (κ1) is 19.0. The first-order chi connectivity index (χ1) is 11.6. The van der Waals surface area contributed by atoms with Gasteiger partial charge in [-0.05, 0) is 35.9 Å². The Morgan fingerprint density at radius 2 is 1.64 bits per heavy atom. The number of carbonyl (C=O) groups is 1. The van der Waals surface area contributed by atoms with Crippen molar-refractivity contribution >= 4 is 33.6 Å². The molecule has 25 heavy (non-hydrogen) atoms. The van der Waals surface area contributed by atoms with Crippen molar-refractivity contribution < 1.29 is 30.6 Å². The molecule has 0 amide bonds. The second-order valence-electron chi connectivity index (χ2n) is 4.73. The summed E-state index contributed by atoms with van der Waals surface area (Å²) in [7, 11) is -5.87. The summed E-state index contributed by atoms with van der Waals surface area (Å²) in [5.74, 6) is -1.42. The van der Waals surface area contributed by atoms with Crippen LogP contribution in [0.2, 0.25) is 5.02 Å². The first-order valence-corrected chi connectivity index (χ1v) is 8.46. The van der Waals surface area contributed by atoms with E-state index in [1.807, 2.05) is 0 Å². The van der Waals surface area contributed by atoms with Gasteiger partial charge in [-0.2, -0.15) is 21.6 Å². The highest BCUT2D eigenvalue weighted by molar-refractivity contribution is 7.88. The summed E-state index contributed by atoms with van der Waals surface area (Å²) in [5.41, 5.74) is -5.29. The van der Waals surface area contributed by atoms with Crippen molar-refractivity contribution in [2.45, 2.75) is 5.51 Å². The molecule has 0 saturated heterocycles. The fraction of sp³-hybridized carbons (Fsp3) is 0.0625. The van der Waals surface area contributed by atoms with Gasteiger partial charge in [0.05, 0.1) is 5.56 Å². The molecule has 0 atom stereocenters. The van der Waals surface area contributed by atoms with Gasteiger partial charge >= 0.3 is 15.6 Å². The molecule has 2 rings (SSSR count). The molecule has 0 heterocycles. The Kier molecular flexibility index (Phi) is 5.54. The Balaban J connectivity index is 2.28. The number of hydrogen-bond acceptors (Lipinski definition) is 4. The smallest absolute Gasteiger partial charge is 0.375 e. The molecule has 0 fully saturated rings. The van der Waals surface area contributed by atoms with Gasteiger partial charge in [0.2, 0.25) is 0 Å². The average Bonchev–Trinajstić information content (AvgIpc) is 2.53. The molecule has 0 bridgehead atoms. The molecule has 9 heteroatoms. The molecule has 0 N–H and O–H groups in total. The van der Waals surface area contributed by atoms with Crippen LogP contribution < -0.4 is 4.18 Å². The molecule has 0 aliphatic rings. The summed E-state index contributed by atoms with van der Waals surface area (Å²) in [5, 5.41) is 0.500. The molecule has 4 nitrogen and oxygen atoms in total. The third kappa shape index (κ3) is 4.83. The second-order valence-corrected chi connectivity index (χ2v) is 6.70. The van der Waals surface area contributed by atoms with Crippen LogP contribution in [0.4, 0.5) is 13.2 Å². The molecule has 132 valence electrons. The number of allylic oxidation sites excluding steroid dienone is 1. The molecule has 0 aromatic heterocycles. The molecule has 2 aromatic rings. The lowest BCUT2D eigenvalue weighted by Crippen LogP contribution is -2.28. The highest BCUT2D eigenvalue weighted by Crippen LogP contribution is 2.29. The Hall–Kier alpha value is -2.32. The highest BCUT2D eigenvalue weighted by atomic mass is 35.5. The first-order valence-electron chi connectivity index (χ1n) is 6.68. The molecule has 0 radical (unpaired) electrons. The molecule has 0 aliphatic carbocycles. The lowest BCUT2D eigenvalue weighted by atomic mass is 10.1. The van der Waals surface area contributed by atoms with E-state index in [2.05, 4.69) is 4.18 Å². The van der Waals surface area contributed by atoms with Crippen LogP contribution in [0.5, 0.6) is 5.75 Å². The number of carbonyl (C=O) groups excluding carboxylic acids is 1. The molecule has 0 saturated carbocycles. The Morgan fingerprint density at radius 3 is 2.24 bits per heavy atom. The monoisotopic (exact) mass is 390 g/mol. The van der Waals surface area contributed by atoms with Crippen LogP contribution >= 0.6 is 11.6 Å². The van der Waals surface area contributed by atoms with Crippen molar-refractivity contribution in [1.82, 2.24) is 0 Å². The fourth-order valence-electron chi connectivity index (χ4n) is 1.74. The number of para-hydroxylation sites is 1. The Labute approximate surface area is 146 Å². The van der Waals surface area contributed by atoms with E-state index in [1.165, 1.54) is 18.2 Å². The van der Waals surface area contributed by atoms with Gasteiger partial charge in [0, 0.05) is 5.02 Å². The van der Waals surface area contributed by atoms with Gasteiger partial charge < -0.3 is 4.18 Å². The molecule has 0 unspecified atom stereocenters. The quantitative estimate of drug-likeness (QED) is 0.327. The summed E-state index contributed by atoms with van der Waals surface area (Å²) >= 11 is 5.73. The lowest BCUT2D eigenvalue weighted by Gasteiger charge is -2.11. The predicted octanol–water partition coefficient (Wildman–Crippen LogP) is 4.46. The zero-order valence-corrected chi connectivity index (χ0v) is 13.9. The van der Waals surface area contributed by atoms with Crippen molar-refractivity contribution in [1.29, 1.82) is 0 Å².